The van der Waals surface area contributed by atoms with E-state index in [1.165, 1.54) is 19.3 Å². The maximum atomic E-state index is 11.3. The number of aliphatic hydroxyl groups excluding tert-OH is 1. The Balaban J connectivity index is 2.14. The van der Waals surface area contributed by atoms with Crippen LogP contribution in [0.2, 0.25) is 0 Å². The topological polar surface area (TPSA) is 72.5 Å². The van der Waals surface area contributed by atoms with E-state index in [2.05, 4.69) is 0 Å². The van der Waals surface area contributed by atoms with Crippen molar-refractivity contribution >= 4 is 5.97 Å². The van der Waals surface area contributed by atoms with Gasteiger partial charge in [-0.25, -0.2) is 0 Å². The highest BCUT2D eigenvalue weighted by Gasteiger charge is 2.18. The Morgan fingerprint density at radius 1 is 1.40 bits per heavy atom. The van der Waals surface area contributed by atoms with Crippen LogP contribution in [0.1, 0.15) is 38.5 Å². The summed E-state index contributed by atoms with van der Waals surface area (Å²) in [5.41, 5.74) is 5.51. The van der Waals surface area contributed by atoms with Gasteiger partial charge in [-0.2, -0.15) is 0 Å². The van der Waals surface area contributed by atoms with Gasteiger partial charge in [0.05, 0.1) is 6.61 Å². The zero-order valence-corrected chi connectivity index (χ0v) is 9.15. The molecule has 1 aliphatic carbocycles. The van der Waals surface area contributed by atoms with Crippen molar-refractivity contribution in [2.45, 2.75) is 44.6 Å². The molecule has 1 aliphatic rings. The van der Waals surface area contributed by atoms with Crippen LogP contribution in [-0.2, 0) is 9.53 Å². The fourth-order valence-electron chi connectivity index (χ4n) is 1.92. The van der Waals surface area contributed by atoms with Crippen LogP contribution in [-0.4, -0.2) is 30.3 Å². The summed E-state index contributed by atoms with van der Waals surface area (Å²) in [4.78, 5) is 11.3. The summed E-state index contributed by atoms with van der Waals surface area (Å²) in [5.74, 6) is 0.138. The molecule has 0 spiro atoms. The predicted molar refractivity (Wildman–Crippen MR) is 57.2 cm³/mol. The normalized spacial score (nSPS) is 19.9. The number of carbonyl (C=O) groups is 1. The molecule has 0 aliphatic heterocycles. The molecule has 0 aromatic carbocycles. The molecule has 0 radical (unpaired) electrons. The fourth-order valence-corrected chi connectivity index (χ4v) is 1.92. The number of aliphatic hydroxyl groups is 1. The van der Waals surface area contributed by atoms with Crippen LogP contribution in [0.25, 0.3) is 0 Å². The second-order valence-corrected chi connectivity index (χ2v) is 4.25. The molecule has 0 bridgehead atoms. The third-order valence-electron chi connectivity index (χ3n) is 2.93. The van der Waals surface area contributed by atoms with Gasteiger partial charge in [0.2, 0.25) is 0 Å². The highest BCUT2D eigenvalue weighted by molar-refractivity contribution is 5.75. The maximum absolute atomic E-state index is 11.3. The molecule has 1 atom stereocenters. The van der Waals surface area contributed by atoms with Gasteiger partial charge in [0.1, 0.15) is 6.04 Å². The Hall–Kier alpha value is -0.610. The second kappa shape index (κ2) is 6.80. The molecular formula is C11H21NO3. The van der Waals surface area contributed by atoms with Crippen LogP contribution in [0.15, 0.2) is 0 Å². The highest BCUT2D eigenvalue weighted by atomic mass is 16.5. The average molecular weight is 215 g/mol. The van der Waals surface area contributed by atoms with Crippen LogP contribution in [0.4, 0.5) is 0 Å². The van der Waals surface area contributed by atoms with Crippen molar-refractivity contribution in [3.05, 3.63) is 0 Å². The third kappa shape index (κ3) is 4.62. The Morgan fingerprint density at radius 2 is 2.07 bits per heavy atom. The van der Waals surface area contributed by atoms with Gasteiger partial charge in [0, 0.05) is 6.61 Å². The van der Waals surface area contributed by atoms with Gasteiger partial charge in [-0.1, -0.05) is 19.3 Å². The Bertz CT molecular complexity index is 190. The Morgan fingerprint density at radius 3 is 2.67 bits per heavy atom. The number of carbonyl (C=O) groups excluding carboxylic acids is 1. The van der Waals surface area contributed by atoms with Crippen molar-refractivity contribution in [1.82, 2.24) is 0 Å². The molecule has 3 N–H and O–H groups in total. The number of hydrogen-bond acceptors (Lipinski definition) is 4. The van der Waals surface area contributed by atoms with E-state index in [-0.39, 0.29) is 19.0 Å². The number of nitrogens with two attached hydrogens (primary N) is 1. The van der Waals surface area contributed by atoms with Gasteiger partial charge < -0.3 is 15.6 Å². The van der Waals surface area contributed by atoms with Crippen LogP contribution in [0.3, 0.4) is 0 Å². The molecule has 0 aromatic rings. The molecule has 1 fully saturated rings. The quantitative estimate of drug-likeness (QED) is 0.666. The van der Waals surface area contributed by atoms with Gasteiger partial charge in [0.25, 0.3) is 0 Å². The zero-order valence-electron chi connectivity index (χ0n) is 9.15. The van der Waals surface area contributed by atoms with E-state index in [9.17, 15) is 4.79 Å². The van der Waals surface area contributed by atoms with Gasteiger partial charge in [0.15, 0.2) is 0 Å². The van der Waals surface area contributed by atoms with Crippen molar-refractivity contribution in [3.63, 3.8) is 0 Å². The number of rotatable bonds is 5. The first-order chi connectivity index (χ1) is 7.24. The van der Waals surface area contributed by atoms with Gasteiger partial charge >= 0.3 is 5.97 Å². The van der Waals surface area contributed by atoms with Crippen molar-refractivity contribution in [1.29, 1.82) is 0 Å². The Kier molecular flexibility index (Phi) is 5.65. The first-order valence-electron chi connectivity index (χ1n) is 5.77. The van der Waals surface area contributed by atoms with Gasteiger partial charge in [-0.15, -0.1) is 0 Å². The third-order valence-corrected chi connectivity index (χ3v) is 2.93. The standard InChI is InChI=1S/C11H21NO3/c12-10(6-7-13)11(14)15-8-9-4-2-1-3-5-9/h9-10,13H,1-8,12H2. The number of ether oxygens (including phenoxy) is 1. The van der Waals surface area contributed by atoms with E-state index in [0.717, 1.165) is 12.8 Å². The molecule has 1 saturated carbocycles. The molecule has 0 amide bonds. The summed E-state index contributed by atoms with van der Waals surface area (Å²) in [5, 5.41) is 8.61. The molecule has 4 nitrogen and oxygen atoms in total. The summed E-state index contributed by atoms with van der Waals surface area (Å²) in [6.07, 6.45) is 6.37. The lowest BCUT2D eigenvalue weighted by Crippen LogP contribution is -2.34. The Labute approximate surface area is 90.8 Å². The summed E-state index contributed by atoms with van der Waals surface area (Å²) < 4.78 is 5.12. The minimum absolute atomic E-state index is 0.0697. The van der Waals surface area contributed by atoms with E-state index in [0.29, 0.717) is 12.5 Å². The maximum Gasteiger partial charge on any atom is 0.323 e. The van der Waals surface area contributed by atoms with Crippen molar-refractivity contribution in [3.8, 4) is 0 Å². The molecule has 15 heavy (non-hydrogen) atoms. The SMILES string of the molecule is NC(CCO)C(=O)OCC1CCCCC1. The van der Waals surface area contributed by atoms with Crippen molar-refractivity contribution in [2.24, 2.45) is 11.7 Å². The lowest BCUT2D eigenvalue weighted by molar-refractivity contribution is -0.147. The minimum Gasteiger partial charge on any atom is -0.464 e. The van der Waals surface area contributed by atoms with Gasteiger partial charge in [-0.3, -0.25) is 4.79 Å². The molecular weight excluding hydrogens is 194 g/mol. The number of hydrogen-bond donors (Lipinski definition) is 2. The van der Waals surface area contributed by atoms with E-state index < -0.39 is 6.04 Å². The second-order valence-electron chi connectivity index (χ2n) is 4.25. The molecule has 1 unspecified atom stereocenters. The van der Waals surface area contributed by atoms with E-state index >= 15 is 0 Å². The van der Waals surface area contributed by atoms with Crippen LogP contribution in [0.5, 0.6) is 0 Å². The fraction of sp³-hybridized carbons (Fsp3) is 0.909. The lowest BCUT2D eigenvalue weighted by atomic mass is 9.90. The molecule has 1 rings (SSSR count). The minimum atomic E-state index is -0.668. The molecule has 0 saturated heterocycles. The molecule has 0 heterocycles. The summed E-state index contributed by atoms with van der Waals surface area (Å²) in [6, 6.07) is -0.668. The van der Waals surface area contributed by atoms with Crippen LogP contribution >= 0.6 is 0 Å². The van der Waals surface area contributed by atoms with Gasteiger partial charge in [-0.05, 0) is 25.2 Å². The molecule has 0 aromatic heterocycles. The van der Waals surface area contributed by atoms with Crippen LogP contribution < -0.4 is 5.73 Å². The van der Waals surface area contributed by atoms with Crippen LogP contribution in [0, 0.1) is 5.92 Å². The van der Waals surface area contributed by atoms with E-state index in [4.69, 9.17) is 15.6 Å². The molecule has 4 heteroatoms. The zero-order chi connectivity index (χ0) is 11.1. The van der Waals surface area contributed by atoms with E-state index in [1.54, 1.807) is 0 Å². The summed E-state index contributed by atoms with van der Waals surface area (Å²) in [7, 11) is 0. The summed E-state index contributed by atoms with van der Waals surface area (Å²) in [6.45, 7) is 0.428. The van der Waals surface area contributed by atoms with Crippen molar-refractivity contribution < 1.29 is 14.6 Å². The van der Waals surface area contributed by atoms with E-state index in [1.807, 2.05) is 0 Å². The smallest absolute Gasteiger partial charge is 0.323 e. The summed E-state index contributed by atoms with van der Waals surface area (Å²) >= 11 is 0. The largest absolute Gasteiger partial charge is 0.464 e. The first-order valence-corrected chi connectivity index (χ1v) is 5.77. The number of esters is 1. The average Bonchev–Trinajstić information content (AvgIpc) is 2.27. The first kappa shape index (κ1) is 12.5. The lowest BCUT2D eigenvalue weighted by Gasteiger charge is -2.21. The molecule has 88 valence electrons. The highest BCUT2D eigenvalue weighted by Crippen LogP contribution is 2.23. The predicted octanol–water partition coefficient (Wildman–Crippen LogP) is 0.820. The monoisotopic (exact) mass is 215 g/mol. The van der Waals surface area contributed by atoms with Crippen molar-refractivity contribution in [2.75, 3.05) is 13.2 Å².